The second-order valence-corrected chi connectivity index (χ2v) is 3.81. The molecule has 0 fully saturated rings. The summed E-state index contributed by atoms with van der Waals surface area (Å²) in [7, 11) is 0. The van der Waals surface area contributed by atoms with Gasteiger partial charge in [-0.25, -0.2) is 8.78 Å². The van der Waals surface area contributed by atoms with E-state index in [0.29, 0.717) is 5.02 Å². The molecule has 0 aromatic heterocycles. The van der Waals surface area contributed by atoms with Gasteiger partial charge in [-0.1, -0.05) is 54.1 Å². The van der Waals surface area contributed by atoms with E-state index in [0.717, 1.165) is 11.1 Å². The van der Waals surface area contributed by atoms with Gasteiger partial charge < -0.3 is 0 Å². The van der Waals surface area contributed by atoms with Gasteiger partial charge in [-0.2, -0.15) is 0 Å². The van der Waals surface area contributed by atoms with Crippen LogP contribution in [0.3, 0.4) is 0 Å². The summed E-state index contributed by atoms with van der Waals surface area (Å²) < 4.78 is 24.7. The van der Waals surface area contributed by atoms with Gasteiger partial charge >= 0.3 is 0 Å². The predicted octanol–water partition coefficient (Wildman–Crippen LogP) is 4.94. The van der Waals surface area contributed by atoms with E-state index in [1.807, 2.05) is 18.2 Å². The van der Waals surface area contributed by atoms with E-state index in [1.165, 1.54) is 12.1 Å². The Morgan fingerprint density at radius 2 is 1.50 bits per heavy atom. The molecule has 0 radical (unpaired) electrons. The second kappa shape index (κ2) is 4.62. The second-order valence-electron chi connectivity index (χ2n) is 3.40. The van der Waals surface area contributed by atoms with Crippen LogP contribution in [0, 0.1) is 0 Å². The minimum absolute atomic E-state index is 0.0239. The Kier molecular flexibility index (Phi) is 3.20. The van der Waals surface area contributed by atoms with Crippen molar-refractivity contribution < 1.29 is 8.78 Å². The van der Waals surface area contributed by atoms with Crippen LogP contribution in [0.25, 0.3) is 11.1 Å². The zero-order chi connectivity index (χ0) is 11.5. The molecule has 16 heavy (non-hydrogen) atoms. The highest BCUT2D eigenvalue weighted by atomic mass is 35.5. The fourth-order valence-corrected chi connectivity index (χ4v) is 1.75. The minimum Gasteiger partial charge on any atom is -0.205 e. The van der Waals surface area contributed by atoms with Gasteiger partial charge in [0.05, 0.1) is 0 Å². The first kappa shape index (κ1) is 11.1. The quantitative estimate of drug-likeness (QED) is 0.695. The van der Waals surface area contributed by atoms with Crippen LogP contribution < -0.4 is 0 Å². The topological polar surface area (TPSA) is 0 Å². The van der Waals surface area contributed by atoms with Crippen molar-refractivity contribution >= 4 is 11.6 Å². The first-order valence-electron chi connectivity index (χ1n) is 4.81. The summed E-state index contributed by atoms with van der Waals surface area (Å²) in [6.45, 7) is 0. The van der Waals surface area contributed by atoms with Crippen molar-refractivity contribution in [2.45, 2.75) is 6.43 Å². The van der Waals surface area contributed by atoms with Crippen molar-refractivity contribution in [1.82, 2.24) is 0 Å². The third kappa shape index (κ3) is 2.22. The monoisotopic (exact) mass is 238 g/mol. The summed E-state index contributed by atoms with van der Waals surface area (Å²) in [6, 6.07) is 13.5. The zero-order valence-electron chi connectivity index (χ0n) is 8.33. The molecule has 2 aromatic carbocycles. The van der Waals surface area contributed by atoms with E-state index in [2.05, 4.69) is 0 Å². The van der Waals surface area contributed by atoms with Crippen LogP contribution in [0.15, 0.2) is 48.5 Å². The maximum atomic E-state index is 12.4. The molecule has 0 aliphatic carbocycles. The van der Waals surface area contributed by atoms with Crippen LogP contribution in [-0.2, 0) is 0 Å². The lowest BCUT2D eigenvalue weighted by molar-refractivity contribution is 0.151. The van der Waals surface area contributed by atoms with Crippen LogP contribution in [0.1, 0.15) is 12.0 Å². The van der Waals surface area contributed by atoms with Gasteiger partial charge in [0, 0.05) is 16.1 Å². The average molecular weight is 239 g/mol. The van der Waals surface area contributed by atoms with Crippen LogP contribution in [0.4, 0.5) is 8.78 Å². The molecule has 3 heteroatoms. The van der Waals surface area contributed by atoms with E-state index >= 15 is 0 Å². The number of halogens is 3. The molecule has 0 nitrogen and oxygen atoms in total. The minimum atomic E-state index is -2.43. The van der Waals surface area contributed by atoms with E-state index in [-0.39, 0.29) is 5.56 Å². The molecule has 0 unspecified atom stereocenters. The summed E-state index contributed by atoms with van der Waals surface area (Å²) in [6.07, 6.45) is -2.43. The summed E-state index contributed by atoms with van der Waals surface area (Å²) in [5.74, 6) is 0. The fraction of sp³-hybridized carbons (Fsp3) is 0.0769. The van der Waals surface area contributed by atoms with Crippen molar-refractivity contribution in [3.05, 3.63) is 59.1 Å². The lowest BCUT2D eigenvalue weighted by atomic mass is 10.0. The molecule has 0 saturated carbocycles. The summed E-state index contributed by atoms with van der Waals surface area (Å²) in [5, 5.41) is 0.618. The number of benzene rings is 2. The molecule has 0 aliphatic heterocycles. The Morgan fingerprint density at radius 1 is 0.875 bits per heavy atom. The molecule has 0 heterocycles. The smallest absolute Gasteiger partial charge is 0.205 e. The number of rotatable bonds is 2. The van der Waals surface area contributed by atoms with Crippen molar-refractivity contribution in [2.75, 3.05) is 0 Å². The zero-order valence-corrected chi connectivity index (χ0v) is 9.09. The number of hydrogen-bond donors (Lipinski definition) is 0. The molecular weight excluding hydrogens is 230 g/mol. The fourth-order valence-electron chi connectivity index (χ4n) is 1.50. The molecule has 0 atom stereocenters. The van der Waals surface area contributed by atoms with Crippen molar-refractivity contribution in [3.8, 4) is 11.1 Å². The standard InChI is InChI=1S/C13H9ClF2/c14-12-4-2-1-3-11(12)9-5-7-10(8-6-9)13(15)16/h1-8,13H. The molecular formula is C13H9ClF2. The Hall–Kier alpha value is -1.41. The largest absolute Gasteiger partial charge is 0.263 e. The highest BCUT2D eigenvalue weighted by Crippen LogP contribution is 2.29. The summed E-state index contributed by atoms with van der Waals surface area (Å²) in [5.41, 5.74) is 1.72. The van der Waals surface area contributed by atoms with Gasteiger partial charge in [-0.05, 0) is 11.6 Å². The van der Waals surface area contributed by atoms with E-state index in [1.54, 1.807) is 18.2 Å². The van der Waals surface area contributed by atoms with Gasteiger partial charge in [0.25, 0.3) is 6.43 Å². The molecule has 2 rings (SSSR count). The highest BCUT2D eigenvalue weighted by Gasteiger charge is 2.07. The maximum Gasteiger partial charge on any atom is 0.263 e. The van der Waals surface area contributed by atoms with E-state index < -0.39 is 6.43 Å². The van der Waals surface area contributed by atoms with Crippen molar-refractivity contribution in [2.24, 2.45) is 0 Å². The lowest BCUT2D eigenvalue weighted by Crippen LogP contribution is -1.84. The lowest BCUT2D eigenvalue weighted by Gasteiger charge is -2.05. The van der Waals surface area contributed by atoms with E-state index in [4.69, 9.17) is 11.6 Å². The maximum absolute atomic E-state index is 12.4. The van der Waals surface area contributed by atoms with Gasteiger partial charge in [-0.15, -0.1) is 0 Å². The molecule has 0 saturated heterocycles. The molecule has 0 bridgehead atoms. The van der Waals surface area contributed by atoms with Crippen LogP contribution >= 0.6 is 11.6 Å². The van der Waals surface area contributed by atoms with Crippen LogP contribution in [-0.4, -0.2) is 0 Å². The number of alkyl halides is 2. The average Bonchev–Trinajstić information content (AvgIpc) is 2.30. The Bertz CT molecular complexity index is 478. The molecule has 2 aromatic rings. The van der Waals surface area contributed by atoms with Gasteiger partial charge in [0.15, 0.2) is 0 Å². The van der Waals surface area contributed by atoms with Crippen molar-refractivity contribution in [1.29, 1.82) is 0 Å². The van der Waals surface area contributed by atoms with E-state index in [9.17, 15) is 8.78 Å². The number of hydrogen-bond acceptors (Lipinski definition) is 0. The van der Waals surface area contributed by atoms with Crippen LogP contribution in [0.5, 0.6) is 0 Å². The van der Waals surface area contributed by atoms with Gasteiger partial charge in [0.2, 0.25) is 0 Å². The van der Waals surface area contributed by atoms with Gasteiger partial charge in [-0.3, -0.25) is 0 Å². The molecule has 0 N–H and O–H groups in total. The first-order chi connectivity index (χ1) is 7.68. The van der Waals surface area contributed by atoms with Crippen molar-refractivity contribution in [3.63, 3.8) is 0 Å². The third-order valence-electron chi connectivity index (χ3n) is 2.35. The highest BCUT2D eigenvalue weighted by molar-refractivity contribution is 6.33. The summed E-state index contributed by atoms with van der Waals surface area (Å²) >= 11 is 6.01. The Labute approximate surface area is 97.5 Å². The molecule has 0 aliphatic rings. The third-order valence-corrected chi connectivity index (χ3v) is 2.68. The van der Waals surface area contributed by atoms with Crippen LogP contribution in [0.2, 0.25) is 5.02 Å². The SMILES string of the molecule is FC(F)c1ccc(-c2ccccc2Cl)cc1. The first-order valence-corrected chi connectivity index (χ1v) is 5.19. The molecule has 82 valence electrons. The molecule has 0 spiro atoms. The summed E-state index contributed by atoms with van der Waals surface area (Å²) in [4.78, 5) is 0. The predicted molar refractivity (Wildman–Crippen MR) is 61.8 cm³/mol. The normalized spacial score (nSPS) is 10.8. The molecule has 0 amide bonds. The van der Waals surface area contributed by atoms with Gasteiger partial charge in [0.1, 0.15) is 0 Å². The Balaban J connectivity index is 2.39. The Morgan fingerprint density at radius 3 is 2.06 bits per heavy atom.